The summed E-state index contributed by atoms with van der Waals surface area (Å²) in [6.45, 7) is 4.40. The van der Waals surface area contributed by atoms with Crippen LogP contribution in [0.3, 0.4) is 0 Å². The van der Waals surface area contributed by atoms with Gasteiger partial charge in [0.25, 0.3) is 0 Å². The van der Waals surface area contributed by atoms with Crippen molar-refractivity contribution in [3.8, 4) is 22.3 Å². The Hall–Kier alpha value is -6.84. The summed E-state index contributed by atoms with van der Waals surface area (Å²) in [6.07, 6.45) is 0. The van der Waals surface area contributed by atoms with Gasteiger partial charge in [-0.2, -0.15) is 0 Å². The first-order valence-corrected chi connectivity index (χ1v) is 18.5. The number of aryl methyl sites for hydroxylation is 2. The molecule has 3 heteroatoms. The fourth-order valence-corrected chi connectivity index (χ4v) is 7.43. The van der Waals surface area contributed by atoms with Crippen LogP contribution in [0.1, 0.15) is 11.1 Å². The van der Waals surface area contributed by atoms with E-state index in [4.69, 9.17) is 0 Å². The lowest BCUT2D eigenvalue weighted by atomic mass is 9.95. The summed E-state index contributed by atoms with van der Waals surface area (Å²) in [5.41, 5.74) is 16.1. The van der Waals surface area contributed by atoms with Crippen molar-refractivity contribution < 1.29 is 0 Å². The minimum Gasteiger partial charge on any atom is -0.344 e. The van der Waals surface area contributed by atoms with Crippen LogP contribution in [0.25, 0.3) is 22.3 Å². The number of para-hydroxylation sites is 4. The highest BCUT2D eigenvalue weighted by molar-refractivity contribution is 5.94. The molecule has 0 aliphatic carbocycles. The van der Waals surface area contributed by atoms with E-state index in [9.17, 15) is 0 Å². The lowest BCUT2D eigenvalue weighted by molar-refractivity contribution is 1.19. The van der Waals surface area contributed by atoms with Crippen LogP contribution < -0.4 is 14.7 Å². The average molecular weight is 698 g/mol. The van der Waals surface area contributed by atoms with Gasteiger partial charge in [-0.15, -0.1) is 0 Å². The average Bonchev–Trinajstić information content (AvgIpc) is 3.23. The minimum absolute atomic E-state index is 1.10. The molecule has 0 aromatic heterocycles. The second kappa shape index (κ2) is 15.4. The molecule has 0 amide bonds. The molecule has 8 aromatic carbocycles. The molecule has 0 atom stereocenters. The van der Waals surface area contributed by atoms with E-state index in [0.29, 0.717) is 0 Å². The molecule has 0 saturated heterocycles. The van der Waals surface area contributed by atoms with Gasteiger partial charge in [-0.25, -0.2) is 0 Å². The van der Waals surface area contributed by atoms with E-state index in [0.717, 1.165) is 45.5 Å². The zero-order valence-electron chi connectivity index (χ0n) is 31.0. The standard InChI is InChI=1S/C51H43N3/c1-38-20-16-18-30-46(38)48-36-44(53(40-22-8-4-9-23-40)41-24-10-5-11-25-41)32-34-50(48)52(3)51-35-33-45(37-49(51)47-31-19-17-21-39(47)2)54(42-26-12-6-13-27-42)43-28-14-7-15-29-43/h4-37H,1-3H3. The van der Waals surface area contributed by atoms with E-state index in [2.05, 4.69) is 242 Å². The van der Waals surface area contributed by atoms with E-state index in [1.165, 1.54) is 33.4 Å². The van der Waals surface area contributed by atoms with Crippen molar-refractivity contribution in [2.24, 2.45) is 0 Å². The first-order chi connectivity index (χ1) is 26.6. The third kappa shape index (κ3) is 6.88. The molecule has 0 N–H and O–H groups in total. The van der Waals surface area contributed by atoms with Crippen molar-refractivity contribution >= 4 is 45.5 Å². The molecular weight excluding hydrogens is 655 g/mol. The van der Waals surface area contributed by atoms with Crippen LogP contribution in [0.4, 0.5) is 45.5 Å². The van der Waals surface area contributed by atoms with Gasteiger partial charge in [0.1, 0.15) is 0 Å². The highest BCUT2D eigenvalue weighted by Gasteiger charge is 2.22. The molecule has 8 rings (SSSR count). The first-order valence-electron chi connectivity index (χ1n) is 18.5. The fraction of sp³-hybridized carbons (Fsp3) is 0.0588. The molecule has 262 valence electrons. The lowest BCUT2D eigenvalue weighted by Crippen LogP contribution is -2.15. The highest BCUT2D eigenvalue weighted by atomic mass is 15.2. The number of anilines is 8. The Kier molecular flexibility index (Phi) is 9.78. The van der Waals surface area contributed by atoms with Gasteiger partial charge >= 0.3 is 0 Å². The van der Waals surface area contributed by atoms with Crippen LogP contribution >= 0.6 is 0 Å². The monoisotopic (exact) mass is 697 g/mol. The quantitative estimate of drug-likeness (QED) is 0.141. The normalized spacial score (nSPS) is 10.9. The summed E-state index contributed by atoms with van der Waals surface area (Å²) >= 11 is 0. The third-order valence-electron chi connectivity index (χ3n) is 10.1. The fourth-order valence-electron chi connectivity index (χ4n) is 7.43. The van der Waals surface area contributed by atoms with Crippen molar-refractivity contribution in [1.82, 2.24) is 0 Å². The maximum atomic E-state index is 2.36. The van der Waals surface area contributed by atoms with Gasteiger partial charge in [0, 0.05) is 63.7 Å². The van der Waals surface area contributed by atoms with Crippen molar-refractivity contribution in [3.63, 3.8) is 0 Å². The molecule has 0 saturated carbocycles. The number of hydrogen-bond donors (Lipinski definition) is 0. The largest absolute Gasteiger partial charge is 0.344 e. The zero-order chi connectivity index (χ0) is 36.9. The van der Waals surface area contributed by atoms with Crippen LogP contribution in [0.2, 0.25) is 0 Å². The Bertz CT molecular complexity index is 2220. The van der Waals surface area contributed by atoms with Crippen LogP contribution in [-0.2, 0) is 0 Å². The van der Waals surface area contributed by atoms with E-state index in [1.807, 2.05) is 0 Å². The Labute approximate surface area is 319 Å². The topological polar surface area (TPSA) is 9.72 Å². The van der Waals surface area contributed by atoms with E-state index >= 15 is 0 Å². The predicted molar refractivity (Wildman–Crippen MR) is 231 cm³/mol. The Morgan fingerprint density at radius 3 is 0.889 bits per heavy atom. The third-order valence-corrected chi connectivity index (χ3v) is 10.1. The second-order valence-electron chi connectivity index (χ2n) is 13.6. The number of rotatable bonds is 10. The predicted octanol–water partition coefficient (Wildman–Crippen LogP) is 14.3. The summed E-state index contributed by atoms with van der Waals surface area (Å²) in [4.78, 5) is 7.03. The van der Waals surface area contributed by atoms with Gasteiger partial charge in [-0.1, -0.05) is 121 Å². The highest BCUT2D eigenvalue weighted by Crippen LogP contribution is 2.46. The van der Waals surface area contributed by atoms with E-state index in [-0.39, 0.29) is 0 Å². The molecule has 54 heavy (non-hydrogen) atoms. The molecule has 0 fully saturated rings. The van der Waals surface area contributed by atoms with Gasteiger partial charge in [-0.3, -0.25) is 0 Å². The van der Waals surface area contributed by atoms with Crippen LogP contribution in [-0.4, -0.2) is 7.05 Å². The molecule has 0 unspecified atom stereocenters. The summed E-state index contributed by atoms with van der Waals surface area (Å²) in [5.74, 6) is 0. The van der Waals surface area contributed by atoms with Crippen molar-refractivity contribution in [2.45, 2.75) is 13.8 Å². The van der Waals surface area contributed by atoms with E-state index in [1.54, 1.807) is 0 Å². The maximum absolute atomic E-state index is 2.36. The molecule has 0 aliphatic heterocycles. The van der Waals surface area contributed by atoms with Gasteiger partial charge in [0.15, 0.2) is 0 Å². The van der Waals surface area contributed by atoms with Gasteiger partial charge < -0.3 is 14.7 Å². The van der Waals surface area contributed by atoms with Crippen LogP contribution in [0.5, 0.6) is 0 Å². The van der Waals surface area contributed by atoms with Crippen molar-refractivity contribution in [2.75, 3.05) is 21.7 Å². The SMILES string of the molecule is Cc1ccccc1-c1cc(N(c2ccccc2)c2ccccc2)ccc1N(C)c1ccc(N(c2ccccc2)c2ccccc2)cc1-c1ccccc1C. The smallest absolute Gasteiger partial charge is 0.0489 e. The molecule has 8 aromatic rings. The summed E-state index contributed by atoms with van der Waals surface area (Å²) in [7, 11) is 2.20. The molecule has 0 radical (unpaired) electrons. The van der Waals surface area contributed by atoms with E-state index < -0.39 is 0 Å². The van der Waals surface area contributed by atoms with Crippen molar-refractivity contribution in [1.29, 1.82) is 0 Å². The summed E-state index contributed by atoms with van der Waals surface area (Å²) in [6, 6.07) is 73.6. The maximum Gasteiger partial charge on any atom is 0.0489 e. The minimum atomic E-state index is 1.10. The van der Waals surface area contributed by atoms with Gasteiger partial charge in [0.05, 0.1) is 0 Å². The van der Waals surface area contributed by atoms with Crippen LogP contribution in [0.15, 0.2) is 206 Å². The summed E-state index contributed by atoms with van der Waals surface area (Å²) < 4.78 is 0. The summed E-state index contributed by atoms with van der Waals surface area (Å²) in [5, 5.41) is 0. The number of hydrogen-bond acceptors (Lipinski definition) is 3. The van der Waals surface area contributed by atoms with Crippen LogP contribution in [0, 0.1) is 13.8 Å². The Morgan fingerprint density at radius 1 is 0.278 bits per heavy atom. The second-order valence-corrected chi connectivity index (χ2v) is 13.6. The van der Waals surface area contributed by atoms with Gasteiger partial charge in [0.2, 0.25) is 0 Å². The molecule has 0 bridgehead atoms. The first kappa shape index (κ1) is 34.3. The van der Waals surface area contributed by atoms with Crippen molar-refractivity contribution in [3.05, 3.63) is 217 Å². The molecule has 0 spiro atoms. The zero-order valence-corrected chi connectivity index (χ0v) is 31.0. The Morgan fingerprint density at radius 2 is 0.574 bits per heavy atom. The number of benzene rings is 8. The lowest BCUT2D eigenvalue weighted by Gasteiger charge is -2.31. The number of nitrogens with zero attached hydrogens (tertiary/aromatic N) is 3. The molecule has 0 heterocycles. The Balaban J connectivity index is 1.32. The molecular formula is C51H43N3. The molecule has 3 nitrogen and oxygen atoms in total. The molecule has 0 aliphatic rings. The van der Waals surface area contributed by atoms with Gasteiger partial charge in [-0.05, 0) is 121 Å².